The van der Waals surface area contributed by atoms with Gasteiger partial charge in [0, 0.05) is 31.7 Å². The fraction of sp³-hybridized carbons (Fsp3) is 0.294. The number of hydrogen-bond donors (Lipinski definition) is 0. The zero-order valence-corrected chi connectivity index (χ0v) is 15.2. The summed E-state index contributed by atoms with van der Waals surface area (Å²) in [5.41, 5.74) is 0.772. The van der Waals surface area contributed by atoms with Gasteiger partial charge in [-0.3, -0.25) is 4.79 Å². The van der Waals surface area contributed by atoms with E-state index in [1.165, 1.54) is 16.6 Å². The molecule has 1 aromatic carbocycles. The van der Waals surface area contributed by atoms with E-state index in [0.29, 0.717) is 24.7 Å². The predicted octanol–water partition coefficient (Wildman–Crippen LogP) is 0.899. The van der Waals surface area contributed by atoms with Crippen LogP contribution in [0, 0.1) is 0 Å². The molecule has 0 aliphatic carbocycles. The van der Waals surface area contributed by atoms with Crippen LogP contribution in [0.15, 0.2) is 36.9 Å². The molecule has 0 spiro atoms. The minimum atomic E-state index is -3.25. The summed E-state index contributed by atoms with van der Waals surface area (Å²) in [5, 5.41) is 0. The Hall–Kier alpha value is -2.65. The molecule has 2 aromatic rings. The van der Waals surface area contributed by atoms with Gasteiger partial charge in [-0.05, 0) is 6.08 Å². The van der Waals surface area contributed by atoms with Gasteiger partial charge >= 0.3 is 0 Å². The van der Waals surface area contributed by atoms with E-state index in [0.717, 1.165) is 5.56 Å². The van der Waals surface area contributed by atoms with Crippen molar-refractivity contribution < 1.29 is 13.2 Å². The molecule has 1 fully saturated rings. The number of aromatic nitrogens is 3. The van der Waals surface area contributed by atoms with Crippen molar-refractivity contribution in [3.63, 3.8) is 0 Å². The number of carbonyl (C=O) groups is 1. The number of benzene rings is 1. The van der Waals surface area contributed by atoms with Gasteiger partial charge in [0.05, 0.1) is 6.26 Å². The van der Waals surface area contributed by atoms with Crippen molar-refractivity contribution in [2.75, 3.05) is 32.4 Å². The number of sulfonamides is 1. The summed E-state index contributed by atoms with van der Waals surface area (Å²) >= 11 is 0. The maximum absolute atomic E-state index is 12.8. The van der Waals surface area contributed by atoms with Crippen molar-refractivity contribution in [2.45, 2.75) is 0 Å². The summed E-state index contributed by atoms with van der Waals surface area (Å²) in [6.07, 6.45) is 2.63. The van der Waals surface area contributed by atoms with Gasteiger partial charge in [-0.15, -0.1) is 0 Å². The highest BCUT2D eigenvalue weighted by Gasteiger charge is 2.28. The minimum Gasteiger partial charge on any atom is -0.333 e. The molecule has 1 amide bonds. The highest BCUT2D eigenvalue weighted by atomic mass is 32.2. The van der Waals surface area contributed by atoms with Crippen molar-refractivity contribution in [2.24, 2.45) is 0 Å². The number of piperazine rings is 1. The lowest BCUT2D eigenvalue weighted by Gasteiger charge is -2.32. The van der Waals surface area contributed by atoms with Crippen LogP contribution in [0.1, 0.15) is 16.4 Å². The van der Waals surface area contributed by atoms with Crippen LogP contribution in [0.4, 0.5) is 0 Å². The number of nitrogens with zero attached hydrogens (tertiary/aromatic N) is 5. The largest absolute Gasteiger partial charge is 0.333 e. The van der Waals surface area contributed by atoms with Crippen LogP contribution in [-0.4, -0.2) is 70.9 Å². The molecule has 0 bridgehead atoms. The van der Waals surface area contributed by atoms with Gasteiger partial charge in [0.15, 0.2) is 11.6 Å². The zero-order chi connectivity index (χ0) is 18.7. The molecule has 3 rings (SSSR count). The maximum atomic E-state index is 12.8. The van der Waals surface area contributed by atoms with Crippen LogP contribution in [0.25, 0.3) is 17.5 Å². The fourth-order valence-electron chi connectivity index (χ4n) is 2.66. The first-order chi connectivity index (χ1) is 12.4. The molecule has 26 heavy (non-hydrogen) atoms. The van der Waals surface area contributed by atoms with Crippen molar-refractivity contribution in [1.82, 2.24) is 24.2 Å². The summed E-state index contributed by atoms with van der Waals surface area (Å²) in [6.45, 7) is 4.77. The summed E-state index contributed by atoms with van der Waals surface area (Å²) in [4.78, 5) is 27.1. The Morgan fingerprint density at radius 3 is 2.31 bits per heavy atom. The number of carbonyl (C=O) groups excluding carboxylic acids is 1. The maximum Gasteiger partial charge on any atom is 0.291 e. The molecule has 2 heterocycles. The standard InChI is InChI=1S/C17H19N5O3S/c1-3-14-18-15(13-7-5-4-6-8-13)20-16(19-14)17(23)21-9-11-22(12-10-21)26(2,24)25/h3-8H,1,9-12H2,2H3. The summed E-state index contributed by atoms with van der Waals surface area (Å²) in [7, 11) is -3.25. The van der Waals surface area contributed by atoms with Gasteiger partial charge in [0.25, 0.3) is 5.91 Å². The molecule has 1 aromatic heterocycles. The Bertz CT molecular complexity index is 923. The van der Waals surface area contributed by atoms with Crippen LogP contribution in [-0.2, 0) is 10.0 Å². The number of amides is 1. The van der Waals surface area contributed by atoms with Gasteiger partial charge in [-0.2, -0.15) is 4.31 Å². The average Bonchev–Trinajstić information content (AvgIpc) is 2.67. The Morgan fingerprint density at radius 1 is 1.08 bits per heavy atom. The number of hydrogen-bond acceptors (Lipinski definition) is 6. The minimum absolute atomic E-state index is 0.0292. The molecule has 0 unspecified atom stereocenters. The van der Waals surface area contributed by atoms with Gasteiger partial charge in [0.1, 0.15) is 0 Å². The lowest BCUT2D eigenvalue weighted by atomic mass is 10.2. The third kappa shape index (κ3) is 3.94. The molecule has 1 aliphatic rings. The zero-order valence-electron chi connectivity index (χ0n) is 14.4. The molecule has 1 aliphatic heterocycles. The van der Waals surface area contributed by atoms with E-state index < -0.39 is 10.0 Å². The Labute approximate surface area is 152 Å². The SMILES string of the molecule is C=Cc1nc(C(=O)N2CCN(S(C)(=O)=O)CC2)nc(-c2ccccc2)n1. The van der Waals surface area contributed by atoms with E-state index in [2.05, 4.69) is 21.5 Å². The lowest BCUT2D eigenvalue weighted by molar-refractivity contribution is 0.0685. The molecule has 8 nitrogen and oxygen atoms in total. The smallest absolute Gasteiger partial charge is 0.291 e. The highest BCUT2D eigenvalue weighted by molar-refractivity contribution is 7.88. The summed E-state index contributed by atoms with van der Waals surface area (Å²) < 4.78 is 24.5. The molecule has 0 saturated carbocycles. The van der Waals surface area contributed by atoms with E-state index in [1.54, 1.807) is 4.90 Å². The molecule has 136 valence electrons. The Balaban J connectivity index is 1.85. The second-order valence-corrected chi connectivity index (χ2v) is 7.85. The molecule has 9 heteroatoms. The molecule has 0 radical (unpaired) electrons. The first-order valence-electron chi connectivity index (χ1n) is 8.07. The highest BCUT2D eigenvalue weighted by Crippen LogP contribution is 2.16. The Kier molecular flexibility index (Phi) is 5.10. The van der Waals surface area contributed by atoms with Gasteiger partial charge in [0.2, 0.25) is 15.8 Å². The average molecular weight is 373 g/mol. The van der Waals surface area contributed by atoms with E-state index in [-0.39, 0.29) is 24.8 Å². The van der Waals surface area contributed by atoms with Crippen LogP contribution >= 0.6 is 0 Å². The second kappa shape index (κ2) is 7.30. The third-order valence-corrected chi connectivity index (χ3v) is 5.36. The molecular formula is C17H19N5O3S. The normalized spacial score (nSPS) is 15.7. The van der Waals surface area contributed by atoms with Crippen molar-refractivity contribution in [3.05, 3.63) is 48.6 Å². The van der Waals surface area contributed by atoms with Crippen LogP contribution in [0.3, 0.4) is 0 Å². The first kappa shape index (κ1) is 18.2. The van der Waals surface area contributed by atoms with Gasteiger partial charge < -0.3 is 4.90 Å². The van der Waals surface area contributed by atoms with E-state index >= 15 is 0 Å². The van der Waals surface area contributed by atoms with Gasteiger partial charge in [-0.1, -0.05) is 36.9 Å². The van der Waals surface area contributed by atoms with Crippen molar-refractivity contribution >= 4 is 22.0 Å². The topological polar surface area (TPSA) is 96.4 Å². The quantitative estimate of drug-likeness (QED) is 0.790. The summed E-state index contributed by atoms with van der Waals surface area (Å²) in [6, 6.07) is 9.30. The first-order valence-corrected chi connectivity index (χ1v) is 9.91. The van der Waals surface area contributed by atoms with Crippen molar-refractivity contribution in [1.29, 1.82) is 0 Å². The molecule has 0 N–H and O–H groups in total. The third-order valence-electron chi connectivity index (χ3n) is 4.05. The lowest BCUT2D eigenvalue weighted by Crippen LogP contribution is -2.50. The number of rotatable bonds is 4. The van der Waals surface area contributed by atoms with Gasteiger partial charge in [-0.25, -0.2) is 23.4 Å². The summed E-state index contributed by atoms with van der Waals surface area (Å²) in [5.74, 6) is 0.396. The van der Waals surface area contributed by atoms with E-state index in [4.69, 9.17) is 0 Å². The van der Waals surface area contributed by atoms with E-state index in [9.17, 15) is 13.2 Å². The van der Waals surface area contributed by atoms with E-state index in [1.807, 2.05) is 30.3 Å². The fourth-order valence-corrected chi connectivity index (χ4v) is 3.49. The molecule has 0 atom stereocenters. The molecule has 1 saturated heterocycles. The monoisotopic (exact) mass is 373 g/mol. The van der Waals surface area contributed by atoms with Crippen LogP contribution in [0.5, 0.6) is 0 Å². The second-order valence-electron chi connectivity index (χ2n) is 5.87. The predicted molar refractivity (Wildman–Crippen MR) is 97.7 cm³/mol. The Morgan fingerprint density at radius 2 is 1.73 bits per heavy atom. The van der Waals surface area contributed by atoms with Crippen LogP contribution in [0.2, 0.25) is 0 Å². The van der Waals surface area contributed by atoms with Crippen molar-refractivity contribution in [3.8, 4) is 11.4 Å². The van der Waals surface area contributed by atoms with Crippen LogP contribution < -0.4 is 0 Å². The molecular weight excluding hydrogens is 354 g/mol.